The van der Waals surface area contributed by atoms with Gasteiger partial charge in [0.15, 0.2) is 0 Å². The number of carbonyl (C=O) groups is 3. The lowest BCUT2D eigenvalue weighted by Gasteiger charge is -2.19. The Labute approximate surface area is 142 Å². The fourth-order valence-corrected chi connectivity index (χ4v) is 2.12. The molecule has 0 saturated heterocycles. The molecule has 0 radical (unpaired) electrons. The molecule has 6 heteroatoms. The summed E-state index contributed by atoms with van der Waals surface area (Å²) >= 11 is 0. The second kappa shape index (κ2) is 7.95. The topological polar surface area (TPSA) is 95.5 Å². The molecule has 0 aromatic heterocycles. The largest absolute Gasteiger partial charge is 0.480 e. The Balaban J connectivity index is 2.59. The summed E-state index contributed by atoms with van der Waals surface area (Å²) in [6.07, 6.45) is 0. The van der Waals surface area contributed by atoms with Gasteiger partial charge in [-0.2, -0.15) is 0 Å². The molecule has 24 heavy (non-hydrogen) atoms. The van der Waals surface area contributed by atoms with Gasteiger partial charge in [-0.25, -0.2) is 4.79 Å². The highest BCUT2D eigenvalue weighted by molar-refractivity contribution is 5.96. The molecule has 1 aromatic rings. The fourth-order valence-electron chi connectivity index (χ4n) is 2.12. The van der Waals surface area contributed by atoms with Crippen LogP contribution in [0.15, 0.2) is 24.3 Å². The molecular formula is C18H26N2O4. The average Bonchev–Trinajstić information content (AvgIpc) is 2.48. The van der Waals surface area contributed by atoms with Crippen molar-refractivity contribution in [2.24, 2.45) is 5.92 Å². The molecule has 0 aliphatic carbocycles. The predicted molar refractivity (Wildman–Crippen MR) is 91.9 cm³/mol. The second-order valence-corrected chi connectivity index (χ2v) is 7.14. The zero-order chi connectivity index (χ0) is 18.5. The lowest BCUT2D eigenvalue weighted by molar-refractivity contribution is -0.142. The Kier molecular flexibility index (Phi) is 6.51. The van der Waals surface area contributed by atoms with Crippen LogP contribution in [0, 0.1) is 5.92 Å². The number of hydrogen-bond acceptors (Lipinski definition) is 3. The van der Waals surface area contributed by atoms with Crippen molar-refractivity contribution in [3.05, 3.63) is 35.4 Å². The molecule has 0 bridgehead atoms. The number of amides is 2. The molecule has 2 amide bonds. The van der Waals surface area contributed by atoms with Gasteiger partial charge in [0.1, 0.15) is 6.04 Å². The lowest BCUT2D eigenvalue weighted by atomic mass is 9.87. The molecule has 1 atom stereocenters. The molecule has 0 spiro atoms. The van der Waals surface area contributed by atoms with Gasteiger partial charge in [-0.1, -0.05) is 46.8 Å². The molecular weight excluding hydrogens is 308 g/mol. The molecule has 0 fully saturated rings. The molecule has 0 saturated carbocycles. The summed E-state index contributed by atoms with van der Waals surface area (Å²) in [6, 6.07) is 6.22. The number of carbonyl (C=O) groups excluding carboxylic acids is 2. The molecule has 0 unspecified atom stereocenters. The molecule has 0 heterocycles. The van der Waals surface area contributed by atoms with Crippen LogP contribution in [0.4, 0.5) is 0 Å². The van der Waals surface area contributed by atoms with E-state index >= 15 is 0 Å². The van der Waals surface area contributed by atoms with E-state index in [-0.39, 0.29) is 23.8 Å². The summed E-state index contributed by atoms with van der Waals surface area (Å²) in [6.45, 7) is 9.39. The monoisotopic (exact) mass is 334 g/mol. The Hall–Kier alpha value is -2.37. The van der Waals surface area contributed by atoms with E-state index in [4.69, 9.17) is 5.11 Å². The van der Waals surface area contributed by atoms with Crippen molar-refractivity contribution in [3.8, 4) is 0 Å². The van der Waals surface area contributed by atoms with Crippen molar-refractivity contribution >= 4 is 17.8 Å². The lowest BCUT2D eigenvalue weighted by Crippen LogP contribution is -2.48. The van der Waals surface area contributed by atoms with Crippen molar-refractivity contribution in [2.75, 3.05) is 6.54 Å². The molecule has 6 nitrogen and oxygen atoms in total. The van der Waals surface area contributed by atoms with Gasteiger partial charge in [0.25, 0.3) is 5.91 Å². The van der Waals surface area contributed by atoms with E-state index in [1.807, 2.05) is 12.1 Å². The van der Waals surface area contributed by atoms with Crippen LogP contribution >= 0.6 is 0 Å². The van der Waals surface area contributed by atoms with Crippen LogP contribution < -0.4 is 10.6 Å². The van der Waals surface area contributed by atoms with E-state index in [2.05, 4.69) is 31.4 Å². The minimum Gasteiger partial charge on any atom is -0.480 e. The van der Waals surface area contributed by atoms with Gasteiger partial charge < -0.3 is 15.7 Å². The van der Waals surface area contributed by atoms with Crippen LogP contribution in [0.25, 0.3) is 0 Å². The molecule has 0 aliphatic rings. The maximum absolute atomic E-state index is 12.1. The number of rotatable bonds is 6. The van der Waals surface area contributed by atoms with Crippen molar-refractivity contribution in [2.45, 2.75) is 46.1 Å². The molecule has 1 rings (SSSR count). The van der Waals surface area contributed by atoms with E-state index in [1.54, 1.807) is 26.0 Å². The third kappa shape index (κ3) is 5.68. The van der Waals surface area contributed by atoms with E-state index < -0.39 is 17.9 Å². The number of aliphatic carboxylic acids is 1. The fraction of sp³-hybridized carbons (Fsp3) is 0.500. The first-order chi connectivity index (χ1) is 11.0. The summed E-state index contributed by atoms with van der Waals surface area (Å²) in [5, 5.41) is 13.9. The zero-order valence-electron chi connectivity index (χ0n) is 14.8. The zero-order valence-corrected chi connectivity index (χ0v) is 14.8. The first-order valence-corrected chi connectivity index (χ1v) is 7.93. The standard InChI is InChI=1S/C18H26N2O4/c1-11(2)15(17(23)24)20-14(21)10-19-16(22)12-6-8-13(9-7-12)18(3,4)5/h6-9,11,15H,10H2,1-5H3,(H,19,22)(H,20,21)(H,23,24)/t15-/m1/s1. The third-order valence-electron chi connectivity index (χ3n) is 3.67. The van der Waals surface area contributed by atoms with E-state index in [9.17, 15) is 14.4 Å². The van der Waals surface area contributed by atoms with Crippen LogP contribution in [0.1, 0.15) is 50.5 Å². The summed E-state index contributed by atoms with van der Waals surface area (Å²) in [4.78, 5) is 34.9. The van der Waals surface area contributed by atoms with Gasteiger partial charge in [0.2, 0.25) is 5.91 Å². The van der Waals surface area contributed by atoms with Crippen molar-refractivity contribution in [1.29, 1.82) is 0 Å². The molecule has 1 aromatic carbocycles. The van der Waals surface area contributed by atoms with Crippen LogP contribution in [0.5, 0.6) is 0 Å². The number of carboxylic acids is 1. The predicted octanol–water partition coefficient (Wildman–Crippen LogP) is 1.94. The van der Waals surface area contributed by atoms with Crippen LogP contribution in [0.2, 0.25) is 0 Å². The Bertz CT molecular complexity index is 600. The van der Waals surface area contributed by atoms with Crippen molar-refractivity contribution in [3.63, 3.8) is 0 Å². The Morgan fingerprint density at radius 1 is 1.08 bits per heavy atom. The highest BCUT2D eigenvalue weighted by atomic mass is 16.4. The second-order valence-electron chi connectivity index (χ2n) is 7.14. The van der Waals surface area contributed by atoms with E-state index in [0.717, 1.165) is 5.56 Å². The Morgan fingerprint density at radius 2 is 1.62 bits per heavy atom. The van der Waals surface area contributed by atoms with E-state index in [1.165, 1.54) is 0 Å². The first kappa shape index (κ1) is 19.7. The minimum atomic E-state index is -1.09. The number of carboxylic acid groups (broad SMARTS) is 1. The highest BCUT2D eigenvalue weighted by Gasteiger charge is 2.23. The van der Waals surface area contributed by atoms with Crippen molar-refractivity contribution in [1.82, 2.24) is 10.6 Å². The van der Waals surface area contributed by atoms with Crippen molar-refractivity contribution < 1.29 is 19.5 Å². The summed E-state index contributed by atoms with van der Waals surface area (Å²) in [5.41, 5.74) is 1.56. The van der Waals surface area contributed by atoms with Gasteiger partial charge in [0.05, 0.1) is 6.54 Å². The van der Waals surface area contributed by atoms with Crippen LogP contribution in [0.3, 0.4) is 0 Å². The van der Waals surface area contributed by atoms with E-state index in [0.29, 0.717) is 5.56 Å². The quantitative estimate of drug-likeness (QED) is 0.741. The summed E-state index contributed by atoms with van der Waals surface area (Å²) < 4.78 is 0. The van der Waals surface area contributed by atoms with Gasteiger partial charge >= 0.3 is 5.97 Å². The minimum absolute atomic E-state index is 0.00240. The van der Waals surface area contributed by atoms with Gasteiger partial charge in [0, 0.05) is 5.56 Å². The number of benzene rings is 1. The van der Waals surface area contributed by atoms with Crippen LogP contribution in [-0.2, 0) is 15.0 Å². The molecule has 3 N–H and O–H groups in total. The number of nitrogens with one attached hydrogen (secondary N) is 2. The van der Waals surface area contributed by atoms with Gasteiger partial charge in [-0.3, -0.25) is 9.59 Å². The maximum atomic E-state index is 12.1. The van der Waals surface area contributed by atoms with Gasteiger partial charge in [-0.15, -0.1) is 0 Å². The molecule has 0 aliphatic heterocycles. The highest BCUT2D eigenvalue weighted by Crippen LogP contribution is 2.22. The third-order valence-corrected chi connectivity index (χ3v) is 3.67. The summed E-state index contributed by atoms with van der Waals surface area (Å²) in [7, 11) is 0. The smallest absolute Gasteiger partial charge is 0.326 e. The normalized spacial score (nSPS) is 12.6. The average molecular weight is 334 g/mol. The SMILES string of the molecule is CC(C)[C@@H](NC(=O)CNC(=O)c1ccc(C(C)(C)C)cc1)C(=O)O. The maximum Gasteiger partial charge on any atom is 0.326 e. The summed E-state index contributed by atoms with van der Waals surface area (Å²) in [5.74, 6) is -2.24. The Morgan fingerprint density at radius 3 is 2.04 bits per heavy atom. The molecule has 132 valence electrons. The van der Waals surface area contributed by atoms with Gasteiger partial charge in [-0.05, 0) is 29.0 Å². The first-order valence-electron chi connectivity index (χ1n) is 7.93. The number of hydrogen-bond donors (Lipinski definition) is 3. The van der Waals surface area contributed by atoms with Crippen LogP contribution in [-0.4, -0.2) is 35.5 Å².